The van der Waals surface area contributed by atoms with Gasteiger partial charge in [0.05, 0.1) is 0 Å². The van der Waals surface area contributed by atoms with Crippen LogP contribution in [0.3, 0.4) is 0 Å². The summed E-state index contributed by atoms with van der Waals surface area (Å²) in [4.78, 5) is 0. The standard InChI is InChI=1S/C27H24IOPS2/c1-29-23-19-17-22(18-20-23)27(31)32-21-30(28,24-11-5-2-6-12-24,25-13-7-3-8-14-25)26-15-9-4-10-16-26/h2-20H,21H2,1H3. The van der Waals surface area contributed by atoms with Crippen LogP contribution in [0.25, 0.3) is 0 Å². The Morgan fingerprint density at radius 2 is 1.12 bits per heavy atom. The number of thiocarbonyl (C=S) groups is 1. The van der Waals surface area contributed by atoms with E-state index in [0.717, 1.165) is 21.0 Å². The average Bonchev–Trinajstić information content (AvgIpc) is 2.89. The van der Waals surface area contributed by atoms with Crippen LogP contribution in [-0.4, -0.2) is 16.8 Å². The first-order chi connectivity index (χ1) is 15.6. The van der Waals surface area contributed by atoms with Crippen LogP contribution in [0.4, 0.5) is 0 Å². The minimum atomic E-state index is -2.83. The first-order valence-electron chi connectivity index (χ1n) is 10.3. The number of ether oxygens (including phenoxy) is 1. The monoisotopic (exact) mass is 586 g/mol. The van der Waals surface area contributed by atoms with Crippen molar-refractivity contribution in [2.24, 2.45) is 0 Å². The first-order valence-corrected chi connectivity index (χ1v) is 16.9. The molecule has 0 aromatic heterocycles. The average molecular weight is 587 g/mol. The molecule has 5 heteroatoms. The normalized spacial score (nSPS) is 12.5. The summed E-state index contributed by atoms with van der Waals surface area (Å²) in [6.45, 7) is 0. The molecule has 0 aliphatic heterocycles. The zero-order chi connectivity index (χ0) is 22.5. The third-order valence-electron chi connectivity index (χ3n) is 5.65. The summed E-state index contributed by atoms with van der Waals surface area (Å²) >= 11 is 10.5. The number of thioether (sulfide) groups is 1. The second kappa shape index (κ2) is 10.0. The van der Waals surface area contributed by atoms with E-state index >= 15 is 0 Å². The predicted octanol–water partition coefficient (Wildman–Crippen LogP) is 6.94. The molecule has 1 nitrogen and oxygen atoms in total. The second-order valence-electron chi connectivity index (χ2n) is 7.48. The summed E-state index contributed by atoms with van der Waals surface area (Å²) in [5.74, 6) is 0.841. The molecule has 0 amide bonds. The number of halogens is 1. The molecule has 4 aromatic rings. The van der Waals surface area contributed by atoms with E-state index in [2.05, 4.69) is 113 Å². The molecule has 4 aromatic carbocycles. The van der Waals surface area contributed by atoms with E-state index in [1.54, 1.807) is 18.9 Å². The van der Waals surface area contributed by atoms with E-state index in [0.29, 0.717) is 0 Å². The van der Waals surface area contributed by atoms with E-state index in [-0.39, 0.29) is 0 Å². The Morgan fingerprint density at radius 1 is 0.719 bits per heavy atom. The van der Waals surface area contributed by atoms with Gasteiger partial charge in [0, 0.05) is 0 Å². The van der Waals surface area contributed by atoms with Crippen molar-refractivity contribution < 1.29 is 4.74 Å². The Labute approximate surface area is 213 Å². The third-order valence-corrected chi connectivity index (χ3v) is 20.8. The Kier molecular flexibility index (Phi) is 7.36. The Bertz CT molecular complexity index is 1080. The Hall–Kier alpha value is -1.72. The van der Waals surface area contributed by atoms with Gasteiger partial charge in [0.2, 0.25) is 0 Å². The van der Waals surface area contributed by atoms with Crippen molar-refractivity contribution in [3.63, 3.8) is 0 Å². The summed E-state index contributed by atoms with van der Waals surface area (Å²) in [6.07, 6.45) is 0. The molecular formula is C27H24IOPS2. The van der Waals surface area contributed by atoms with Gasteiger partial charge in [-0.25, -0.2) is 0 Å². The third kappa shape index (κ3) is 4.38. The quantitative estimate of drug-likeness (QED) is 0.132. The van der Waals surface area contributed by atoms with Crippen molar-refractivity contribution in [3.8, 4) is 5.75 Å². The molecule has 0 bridgehead atoms. The summed E-state index contributed by atoms with van der Waals surface area (Å²) in [6, 6.07) is 40.9. The summed E-state index contributed by atoms with van der Waals surface area (Å²) in [7, 11) is 1.68. The van der Waals surface area contributed by atoms with Crippen molar-refractivity contribution in [1.82, 2.24) is 0 Å². The fourth-order valence-electron chi connectivity index (χ4n) is 3.88. The van der Waals surface area contributed by atoms with Crippen molar-refractivity contribution in [3.05, 3.63) is 121 Å². The van der Waals surface area contributed by atoms with Gasteiger partial charge in [0.25, 0.3) is 0 Å². The fraction of sp³-hybridized carbons (Fsp3) is 0.0741. The SMILES string of the molecule is COc1ccc(C(=S)SCP(I)(c2ccccc2)(c2ccccc2)c2ccccc2)cc1. The zero-order valence-electron chi connectivity index (χ0n) is 17.7. The Morgan fingerprint density at radius 3 is 1.50 bits per heavy atom. The summed E-state index contributed by atoms with van der Waals surface area (Å²) in [5, 5.41) is 4.09. The van der Waals surface area contributed by atoms with Crippen LogP contribution in [0.15, 0.2) is 115 Å². The van der Waals surface area contributed by atoms with E-state index in [1.807, 2.05) is 24.3 Å². The molecule has 162 valence electrons. The number of hydrogen-bond acceptors (Lipinski definition) is 3. The molecule has 0 N–H and O–H groups in total. The van der Waals surface area contributed by atoms with Crippen LogP contribution in [0.2, 0.25) is 0 Å². The van der Waals surface area contributed by atoms with Gasteiger partial charge in [-0.15, -0.1) is 0 Å². The van der Waals surface area contributed by atoms with Gasteiger partial charge < -0.3 is 0 Å². The van der Waals surface area contributed by atoms with Gasteiger partial charge in [-0.3, -0.25) is 0 Å². The van der Waals surface area contributed by atoms with Gasteiger partial charge in [0.1, 0.15) is 0 Å². The maximum absolute atomic E-state index is 5.91. The minimum absolute atomic E-state index is 0.841. The van der Waals surface area contributed by atoms with Crippen LogP contribution in [0.5, 0.6) is 5.75 Å². The van der Waals surface area contributed by atoms with Gasteiger partial charge in [0.15, 0.2) is 0 Å². The van der Waals surface area contributed by atoms with Crippen LogP contribution < -0.4 is 20.7 Å². The molecule has 32 heavy (non-hydrogen) atoms. The number of rotatable bonds is 7. The first kappa shape index (κ1) is 23.4. The predicted molar refractivity (Wildman–Crippen MR) is 156 cm³/mol. The van der Waals surface area contributed by atoms with E-state index in [4.69, 9.17) is 17.0 Å². The summed E-state index contributed by atoms with van der Waals surface area (Å²) < 4.78 is 3.38. The van der Waals surface area contributed by atoms with Crippen molar-refractivity contribution in [2.75, 3.05) is 12.6 Å². The number of benzene rings is 4. The van der Waals surface area contributed by atoms with E-state index in [1.165, 1.54) is 15.9 Å². The van der Waals surface area contributed by atoms with E-state index in [9.17, 15) is 0 Å². The molecule has 0 aliphatic rings. The van der Waals surface area contributed by atoms with E-state index < -0.39 is 4.25 Å². The molecule has 0 aliphatic carbocycles. The molecule has 0 saturated heterocycles. The number of methoxy groups -OCH3 is 1. The van der Waals surface area contributed by atoms with Gasteiger partial charge >= 0.3 is 214 Å². The Balaban J connectivity index is 1.84. The molecule has 0 unspecified atom stereocenters. The van der Waals surface area contributed by atoms with Crippen molar-refractivity contribution in [2.45, 2.75) is 0 Å². The molecule has 0 atom stereocenters. The molecule has 0 heterocycles. The van der Waals surface area contributed by atoms with Gasteiger partial charge in [-0.2, -0.15) is 0 Å². The van der Waals surface area contributed by atoms with Gasteiger partial charge in [-0.05, 0) is 0 Å². The topological polar surface area (TPSA) is 9.23 Å². The second-order valence-corrected chi connectivity index (χ2v) is 20.2. The molecule has 0 fully saturated rings. The van der Waals surface area contributed by atoms with Gasteiger partial charge in [-0.1, -0.05) is 0 Å². The molecule has 4 rings (SSSR count). The number of hydrogen-bond donors (Lipinski definition) is 0. The van der Waals surface area contributed by atoms with Crippen LogP contribution in [-0.2, 0) is 0 Å². The van der Waals surface area contributed by atoms with Crippen LogP contribution >= 0.6 is 50.3 Å². The molecule has 0 radical (unpaired) electrons. The van der Waals surface area contributed by atoms with Crippen molar-refractivity contribution >= 4 is 70.4 Å². The molecular weight excluding hydrogens is 562 g/mol. The zero-order valence-corrected chi connectivity index (χ0v) is 22.4. The fourth-order valence-corrected chi connectivity index (χ4v) is 15.4. The van der Waals surface area contributed by atoms with Crippen LogP contribution in [0, 0.1) is 0 Å². The maximum atomic E-state index is 5.91. The molecule has 0 saturated carbocycles. The van der Waals surface area contributed by atoms with Crippen molar-refractivity contribution in [1.29, 1.82) is 0 Å². The summed E-state index contributed by atoms with van der Waals surface area (Å²) in [5.41, 5.74) is 1.94. The molecule has 0 spiro atoms. The van der Waals surface area contributed by atoms with Crippen LogP contribution in [0.1, 0.15) is 5.56 Å².